The van der Waals surface area contributed by atoms with Gasteiger partial charge in [-0.05, 0) is 11.7 Å². The van der Waals surface area contributed by atoms with Gasteiger partial charge in [0.1, 0.15) is 0 Å². The van der Waals surface area contributed by atoms with E-state index in [0.29, 0.717) is 0 Å². The fourth-order valence-electron chi connectivity index (χ4n) is 1.43. The molecular formula is C18H23N2Ni+. The molecule has 2 aromatic rings. The number of hydrogen-bond donors (Lipinski definition) is 0. The zero-order valence-electron chi connectivity index (χ0n) is 13.1. The maximum atomic E-state index is 3.72. The van der Waals surface area contributed by atoms with Crippen LogP contribution in [0.5, 0.6) is 0 Å². The summed E-state index contributed by atoms with van der Waals surface area (Å²) >= 11 is 1.64. The Bertz CT molecular complexity index is 575. The van der Waals surface area contributed by atoms with Crippen molar-refractivity contribution in [1.29, 1.82) is 0 Å². The third-order valence-corrected chi connectivity index (χ3v) is 4.47. The molecule has 0 spiro atoms. The second kappa shape index (κ2) is 9.25. The monoisotopic (exact) mass is 325 g/mol. The van der Waals surface area contributed by atoms with Gasteiger partial charge in [-0.15, -0.1) is 0 Å². The van der Waals surface area contributed by atoms with E-state index >= 15 is 0 Å². The van der Waals surface area contributed by atoms with Gasteiger partial charge in [-0.3, -0.25) is 0 Å². The topological polar surface area (TPSA) is 15.4 Å². The summed E-state index contributed by atoms with van der Waals surface area (Å²) in [6.45, 7) is 7.78. The average Bonchev–Trinajstić information content (AvgIpc) is 2.51. The van der Waals surface area contributed by atoms with Crippen LogP contribution in [0, 0.1) is 13.8 Å². The predicted octanol–water partition coefficient (Wildman–Crippen LogP) is 3.19. The van der Waals surface area contributed by atoms with Crippen molar-refractivity contribution in [2.24, 2.45) is 5.11 Å². The van der Waals surface area contributed by atoms with E-state index in [1.165, 1.54) is 20.2 Å². The summed E-state index contributed by atoms with van der Waals surface area (Å²) < 4.78 is 4.36. The van der Waals surface area contributed by atoms with E-state index in [9.17, 15) is 0 Å². The third kappa shape index (κ3) is 6.05. The predicted molar refractivity (Wildman–Crippen MR) is 86.4 cm³/mol. The average molecular weight is 326 g/mol. The molecule has 0 saturated carbocycles. The minimum atomic E-state index is 1.35. The molecule has 0 aliphatic carbocycles. The van der Waals surface area contributed by atoms with Gasteiger partial charge in [-0.1, -0.05) is 4.70 Å². The van der Waals surface area contributed by atoms with Crippen molar-refractivity contribution in [1.82, 2.24) is 0 Å². The summed E-state index contributed by atoms with van der Waals surface area (Å²) in [5.74, 6) is 0. The van der Waals surface area contributed by atoms with Crippen molar-refractivity contribution < 1.29 is 19.1 Å². The number of rotatable bonds is 3. The molecule has 0 unspecified atom stereocenters. The quantitative estimate of drug-likeness (QED) is 0.468. The van der Waals surface area contributed by atoms with Crippen LogP contribution in [0.15, 0.2) is 66.4 Å². The van der Waals surface area contributed by atoms with E-state index in [0.717, 1.165) is 0 Å². The van der Waals surface area contributed by atoms with E-state index in [2.05, 4.69) is 74.1 Å². The van der Waals surface area contributed by atoms with Gasteiger partial charge in [0.25, 0.3) is 0 Å². The van der Waals surface area contributed by atoms with Crippen molar-refractivity contribution in [2.75, 3.05) is 14.1 Å². The van der Waals surface area contributed by atoms with Gasteiger partial charge in [-0.25, -0.2) is 0 Å². The van der Waals surface area contributed by atoms with Gasteiger partial charge in [0.05, 0.1) is 7.05 Å². The van der Waals surface area contributed by atoms with Gasteiger partial charge >= 0.3 is 97.0 Å². The number of hydrogen-bond acceptors (Lipinski definition) is 1. The van der Waals surface area contributed by atoms with Crippen molar-refractivity contribution in [3.8, 4) is 0 Å². The standard InChI is InChI=1S/2C7H7.C4H9N2.Ni/c2*1-7-5-3-2-4-6-7;1-4-6(3)5-2;/h2*2-5H,1H3;4H,1H2,2-3H3;/q;;+1;. The van der Waals surface area contributed by atoms with Gasteiger partial charge < -0.3 is 0 Å². The van der Waals surface area contributed by atoms with Gasteiger partial charge in [0.15, 0.2) is 13.2 Å². The molecule has 0 fully saturated rings. The fourth-order valence-corrected chi connectivity index (χ4v) is 2.63. The van der Waals surface area contributed by atoms with Crippen molar-refractivity contribution in [2.45, 2.75) is 13.8 Å². The van der Waals surface area contributed by atoms with E-state index < -0.39 is 0 Å². The van der Waals surface area contributed by atoms with Crippen LogP contribution in [0.1, 0.15) is 11.1 Å². The van der Waals surface area contributed by atoms with Crippen molar-refractivity contribution >= 4 is 9.07 Å². The molecule has 0 amide bonds. The summed E-state index contributed by atoms with van der Waals surface area (Å²) in [5, 5.41) is 3.72. The normalized spacial score (nSPS) is 10.8. The van der Waals surface area contributed by atoms with E-state index in [4.69, 9.17) is 0 Å². The summed E-state index contributed by atoms with van der Waals surface area (Å²) in [4.78, 5) is 0. The molecule has 0 bridgehead atoms. The molecule has 114 valence electrons. The Morgan fingerprint density at radius 1 is 0.952 bits per heavy atom. The molecule has 0 aromatic heterocycles. The van der Waals surface area contributed by atoms with Crippen LogP contribution in [-0.4, -0.2) is 18.8 Å². The van der Waals surface area contributed by atoms with Crippen LogP contribution in [0.3, 0.4) is 0 Å². The Labute approximate surface area is 134 Å². The summed E-state index contributed by atoms with van der Waals surface area (Å²) in [5.41, 5.74) is 2.70. The Balaban J connectivity index is 0.000000315. The van der Waals surface area contributed by atoms with Crippen molar-refractivity contribution in [3.63, 3.8) is 0 Å². The van der Waals surface area contributed by atoms with Crippen molar-refractivity contribution in [3.05, 3.63) is 72.4 Å². The van der Waals surface area contributed by atoms with Gasteiger partial charge in [0.2, 0.25) is 0 Å². The Kier molecular flexibility index (Phi) is 7.63. The molecular weight excluding hydrogens is 303 g/mol. The van der Waals surface area contributed by atoms with Gasteiger partial charge in [-0.2, -0.15) is 0 Å². The van der Waals surface area contributed by atoms with Crippen LogP contribution in [0.4, 0.5) is 0 Å². The molecule has 2 rings (SSSR count). The summed E-state index contributed by atoms with van der Waals surface area (Å²) in [7, 11) is 3.54. The molecule has 0 heterocycles. The second-order valence-electron chi connectivity index (χ2n) is 4.47. The molecule has 0 radical (unpaired) electrons. The molecule has 0 atom stereocenters. The van der Waals surface area contributed by atoms with Crippen LogP contribution in [-0.2, 0) is 14.4 Å². The first-order valence-electron chi connectivity index (χ1n) is 6.73. The first kappa shape index (κ1) is 17.3. The van der Waals surface area contributed by atoms with Crippen LogP contribution in [0.25, 0.3) is 0 Å². The number of nitrogens with zero attached hydrogens (tertiary/aromatic N) is 2. The molecule has 2 nitrogen and oxygen atoms in total. The van der Waals surface area contributed by atoms with Gasteiger partial charge in [0, 0.05) is 0 Å². The minimum absolute atomic E-state index is 1.35. The first-order valence-corrected chi connectivity index (χ1v) is 7.72. The summed E-state index contributed by atoms with van der Waals surface area (Å²) in [6.07, 6.45) is 1.64. The third-order valence-electron chi connectivity index (χ3n) is 2.83. The first-order chi connectivity index (χ1) is 10.1. The number of azo groups is 2. The molecule has 21 heavy (non-hydrogen) atoms. The zero-order valence-corrected chi connectivity index (χ0v) is 14.1. The van der Waals surface area contributed by atoms with Crippen LogP contribution in [0.2, 0.25) is 0 Å². The molecule has 2 aromatic carbocycles. The molecule has 0 aliphatic rings. The Morgan fingerprint density at radius 2 is 1.38 bits per heavy atom. The van der Waals surface area contributed by atoms with Crippen LogP contribution >= 0.6 is 0 Å². The van der Waals surface area contributed by atoms with E-state index in [-0.39, 0.29) is 0 Å². The zero-order chi connectivity index (χ0) is 15.7. The van der Waals surface area contributed by atoms with E-state index in [1.807, 2.05) is 7.05 Å². The Hall–Kier alpha value is -1.73. The Morgan fingerprint density at radius 3 is 1.67 bits per heavy atom. The number of aryl methyl sites for hydroxylation is 2. The van der Waals surface area contributed by atoms with Crippen LogP contribution < -0.4 is 9.07 Å². The SMILES string of the molecule is C=C[N+](C)=NC.Cc1cccc[c]1[Ni][c]1ccccc1C. The second-order valence-corrected chi connectivity index (χ2v) is 5.78. The summed E-state index contributed by atoms with van der Waals surface area (Å²) in [6, 6.07) is 17.0. The molecule has 0 aliphatic heterocycles. The molecule has 0 saturated heterocycles. The fraction of sp³-hybridized carbons (Fsp3) is 0.222. The molecule has 3 heteroatoms. The maximum absolute atomic E-state index is 3.72. The number of benzene rings is 2. The molecule has 0 N–H and O–H groups in total. The van der Waals surface area contributed by atoms with E-state index in [1.54, 1.807) is 32.4 Å².